The van der Waals surface area contributed by atoms with Crippen LogP contribution in [0.3, 0.4) is 0 Å². The Balaban J connectivity index is 2.26. The molecule has 0 fully saturated rings. The topological polar surface area (TPSA) is 40.5 Å². The van der Waals surface area contributed by atoms with E-state index in [0.717, 1.165) is 9.26 Å². The van der Waals surface area contributed by atoms with E-state index in [1.807, 2.05) is 18.2 Å². The summed E-state index contributed by atoms with van der Waals surface area (Å²) in [4.78, 5) is 13.8. The third-order valence-electron chi connectivity index (χ3n) is 2.61. The van der Waals surface area contributed by atoms with Crippen LogP contribution in [0.4, 0.5) is 5.69 Å². The van der Waals surface area contributed by atoms with Gasteiger partial charge in [-0.05, 0) is 65.1 Å². The number of rotatable bonds is 2. The molecule has 92 valence electrons. The summed E-state index contributed by atoms with van der Waals surface area (Å²) in [7, 11) is 1.72. The van der Waals surface area contributed by atoms with Crippen molar-refractivity contribution in [2.45, 2.75) is 0 Å². The highest BCUT2D eigenvalue weighted by Gasteiger charge is 2.13. The van der Waals surface area contributed by atoms with Gasteiger partial charge < -0.3 is 10.0 Å². The second-order valence-electron chi connectivity index (χ2n) is 3.89. The summed E-state index contributed by atoms with van der Waals surface area (Å²) < 4.78 is 1.03. The first-order chi connectivity index (χ1) is 8.58. The number of carbonyl (C=O) groups is 1. The molecule has 0 atom stereocenters. The molecule has 0 aliphatic carbocycles. The van der Waals surface area contributed by atoms with Gasteiger partial charge in [-0.15, -0.1) is 0 Å². The summed E-state index contributed by atoms with van der Waals surface area (Å²) in [5, 5.41) is 9.23. The fourth-order valence-corrected chi connectivity index (χ4v) is 2.15. The Bertz CT molecular complexity index is 566. The molecule has 0 spiro atoms. The number of carbonyl (C=O) groups excluding carboxylic acids is 1. The molecule has 0 aliphatic heterocycles. The molecule has 0 heterocycles. The molecule has 0 saturated heterocycles. The molecule has 18 heavy (non-hydrogen) atoms. The van der Waals surface area contributed by atoms with Crippen LogP contribution in [0, 0.1) is 3.57 Å². The van der Waals surface area contributed by atoms with Gasteiger partial charge in [0.2, 0.25) is 0 Å². The quantitative estimate of drug-likeness (QED) is 0.842. The molecule has 3 nitrogen and oxygen atoms in total. The van der Waals surface area contributed by atoms with Crippen LogP contribution in [0.15, 0.2) is 48.5 Å². The lowest BCUT2D eigenvalue weighted by molar-refractivity contribution is 0.0993. The van der Waals surface area contributed by atoms with E-state index in [2.05, 4.69) is 22.6 Å². The van der Waals surface area contributed by atoms with Crippen LogP contribution in [0.2, 0.25) is 0 Å². The fraction of sp³-hybridized carbons (Fsp3) is 0.0714. The number of halogens is 1. The highest BCUT2D eigenvalue weighted by atomic mass is 127. The Kier molecular flexibility index (Phi) is 3.86. The van der Waals surface area contributed by atoms with Crippen molar-refractivity contribution in [3.8, 4) is 5.75 Å². The van der Waals surface area contributed by atoms with E-state index in [1.165, 1.54) is 0 Å². The number of aromatic hydroxyl groups is 1. The average Bonchev–Trinajstić information content (AvgIpc) is 2.38. The van der Waals surface area contributed by atoms with E-state index in [9.17, 15) is 9.90 Å². The number of benzene rings is 2. The number of nitrogens with zero attached hydrogens (tertiary/aromatic N) is 1. The molecule has 0 aliphatic rings. The van der Waals surface area contributed by atoms with Gasteiger partial charge in [0.15, 0.2) is 0 Å². The van der Waals surface area contributed by atoms with Gasteiger partial charge in [0, 0.05) is 21.9 Å². The minimum atomic E-state index is -0.0702. The maximum atomic E-state index is 12.2. The molecular formula is C14H12INO2. The van der Waals surface area contributed by atoms with E-state index >= 15 is 0 Å². The van der Waals surface area contributed by atoms with Gasteiger partial charge in [-0.3, -0.25) is 4.79 Å². The zero-order valence-corrected chi connectivity index (χ0v) is 12.0. The predicted octanol–water partition coefficient (Wildman–Crippen LogP) is 3.27. The number of hydrogen-bond donors (Lipinski definition) is 1. The standard InChI is InChI=1S/C14H12INO2/c1-16(12-5-7-13(17)8-6-12)14(18)10-3-2-4-11(15)9-10/h2-9,17H,1H3. The minimum Gasteiger partial charge on any atom is -0.508 e. The van der Waals surface area contributed by atoms with E-state index in [0.29, 0.717) is 5.56 Å². The van der Waals surface area contributed by atoms with Crippen LogP contribution in [-0.2, 0) is 0 Å². The van der Waals surface area contributed by atoms with Gasteiger partial charge in [-0.25, -0.2) is 0 Å². The molecule has 2 rings (SSSR count). The Labute approximate surface area is 119 Å². The summed E-state index contributed by atoms with van der Waals surface area (Å²) >= 11 is 2.18. The third kappa shape index (κ3) is 2.81. The molecule has 0 bridgehead atoms. The highest BCUT2D eigenvalue weighted by molar-refractivity contribution is 14.1. The predicted molar refractivity (Wildman–Crippen MR) is 80.0 cm³/mol. The van der Waals surface area contributed by atoms with Crippen LogP contribution in [0.5, 0.6) is 5.75 Å². The Hall–Kier alpha value is -1.56. The van der Waals surface area contributed by atoms with Crippen molar-refractivity contribution in [2.24, 2.45) is 0 Å². The number of anilines is 1. The molecule has 2 aromatic rings. The molecule has 4 heteroatoms. The van der Waals surface area contributed by atoms with Gasteiger partial charge in [0.1, 0.15) is 5.75 Å². The zero-order chi connectivity index (χ0) is 13.1. The summed E-state index contributed by atoms with van der Waals surface area (Å²) in [5.41, 5.74) is 1.40. The molecule has 1 amide bonds. The molecule has 0 aromatic heterocycles. The normalized spacial score (nSPS) is 10.1. The van der Waals surface area contributed by atoms with E-state index in [1.54, 1.807) is 42.3 Å². The Morgan fingerprint density at radius 3 is 2.44 bits per heavy atom. The summed E-state index contributed by atoms with van der Waals surface area (Å²) in [6.45, 7) is 0. The number of amides is 1. The van der Waals surface area contributed by atoms with Crippen molar-refractivity contribution in [1.29, 1.82) is 0 Å². The van der Waals surface area contributed by atoms with Crippen molar-refractivity contribution < 1.29 is 9.90 Å². The molecule has 0 saturated carbocycles. The van der Waals surface area contributed by atoms with E-state index in [-0.39, 0.29) is 11.7 Å². The number of phenols is 1. The van der Waals surface area contributed by atoms with Gasteiger partial charge in [-0.1, -0.05) is 6.07 Å². The smallest absolute Gasteiger partial charge is 0.258 e. The van der Waals surface area contributed by atoms with Crippen LogP contribution < -0.4 is 4.90 Å². The van der Waals surface area contributed by atoms with Gasteiger partial charge in [0.05, 0.1) is 0 Å². The molecule has 0 radical (unpaired) electrons. The highest BCUT2D eigenvalue weighted by Crippen LogP contribution is 2.19. The summed E-state index contributed by atoms with van der Waals surface area (Å²) in [5.74, 6) is 0.119. The Morgan fingerprint density at radius 2 is 1.83 bits per heavy atom. The maximum absolute atomic E-state index is 12.2. The van der Waals surface area contributed by atoms with Crippen molar-refractivity contribution in [3.63, 3.8) is 0 Å². The second kappa shape index (κ2) is 5.39. The monoisotopic (exact) mass is 353 g/mol. The van der Waals surface area contributed by atoms with Crippen molar-refractivity contribution in [3.05, 3.63) is 57.7 Å². The van der Waals surface area contributed by atoms with Crippen LogP contribution in [0.25, 0.3) is 0 Å². The SMILES string of the molecule is CN(C(=O)c1cccc(I)c1)c1ccc(O)cc1. The van der Waals surface area contributed by atoms with E-state index < -0.39 is 0 Å². The number of phenolic OH excluding ortho intramolecular Hbond substituents is 1. The van der Waals surface area contributed by atoms with Crippen LogP contribution in [0.1, 0.15) is 10.4 Å². The third-order valence-corrected chi connectivity index (χ3v) is 3.28. The van der Waals surface area contributed by atoms with Crippen molar-refractivity contribution in [2.75, 3.05) is 11.9 Å². The molecular weight excluding hydrogens is 341 g/mol. The average molecular weight is 353 g/mol. The van der Waals surface area contributed by atoms with Gasteiger partial charge >= 0.3 is 0 Å². The first-order valence-electron chi connectivity index (χ1n) is 5.40. The summed E-state index contributed by atoms with van der Waals surface area (Å²) in [6.07, 6.45) is 0. The zero-order valence-electron chi connectivity index (χ0n) is 9.80. The first kappa shape index (κ1) is 12.9. The lowest BCUT2D eigenvalue weighted by atomic mass is 10.2. The van der Waals surface area contributed by atoms with Crippen molar-refractivity contribution in [1.82, 2.24) is 0 Å². The maximum Gasteiger partial charge on any atom is 0.258 e. The minimum absolute atomic E-state index is 0.0702. The lowest BCUT2D eigenvalue weighted by Crippen LogP contribution is -2.26. The molecule has 0 unspecified atom stereocenters. The molecule has 2 aromatic carbocycles. The Morgan fingerprint density at radius 1 is 1.17 bits per heavy atom. The van der Waals surface area contributed by atoms with E-state index in [4.69, 9.17) is 0 Å². The fourth-order valence-electron chi connectivity index (χ4n) is 1.61. The van der Waals surface area contributed by atoms with Crippen LogP contribution >= 0.6 is 22.6 Å². The second-order valence-corrected chi connectivity index (χ2v) is 5.14. The molecule has 1 N–H and O–H groups in total. The lowest BCUT2D eigenvalue weighted by Gasteiger charge is -2.17. The van der Waals surface area contributed by atoms with Gasteiger partial charge in [-0.2, -0.15) is 0 Å². The van der Waals surface area contributed by atoms with Crippen LogP contribution in [-0.4, -0.2) is 18.1 Å². The largest absolute Gasteiger partial charge is 0.508 e. The first-order valence-corrected chi connectivity index (χ1v) is 6.48. The van der Waals surface area contributed by atoms with Crippen molar-refractivity contribution >= 4 is 34.2 Å². The van der Waals surface area contributed by atoms with Gasteiger partial charge in [0.25, 0.3) is 5.91 Å². The number of hydrogen-bond acceptors (Lipinski definition) is 2. The summed E-state index contributed by atoms with van der Waals surface area (Å²) in [6, 6.07) is 14.0.